The Morgan fingerprint density at radius 2 is 2.17 bits per heavy atom. The topological polar surface area (TPSA) is 33.2 Å². The first-order valence-electron chi connectivity index (χ1n) is 8.01. The van der Waals surface area contributed by atoms with Gasteiger partial charge in [0.25, 0.3) is 0 Å². The lowest BCUT2D eigenvalue weighted by molar-refractivity contribution is -0.131. The number of halogens is 1. The molecule has 0 spiro atoms. The van der Waals surface area contributed by atoms with Gasteiger partial charge in [-0.2, -0.15) is 0 Å². The van der Waals surface area contributed by atoms with E-state index in [-0.39, 0.29) is 17.8 Å². The number of amides is 1. The van der Waals surface area contributed by atoms with Crippen molar-refractivity contribution in [3.63, 3.8) is 0 Å². The van der Waals surface area contributed by atoms with Gasteiger partial charge in [0.1, 0.15) is 5.82 Å². The number of carbonyl (C=O) groups is 1. The smallest absolute Gasteiger partial charge is 0.227 e. The molecule has 3 nitrogen and oxygen atoms in total. The number of rotatable bonds is 3. The molecule has 1 aromatic carbocycles. The number of hydrogen-bond donors (Lipinski definition) is 0. The van der Waals surface area contributed by atoms with E-state index in [0.29, 0.717) is 12.3 Å². The number of benzene rings is 1. The van der Waals surface area contributed by atoms with Gasteiger partial charge in [-0.05, 0) is 48.6 Å². The van der Waals surface area contributed by atoms with E-state index in [9.17, 15) is 9.18 Å². The van der Waals surface area contributed by atoms with Crippen LogP contribution in [0.1, 0.15) is 36.2 Å². The lowest BCUT2D eigenvalue weighted by Crippen LogP contribution is -2.33. The number of likely N-dealkylation sites (tertiary alicyclic amines) is 1. The highest BCUT2D eigenvalue weighted by Crippen LogP contribution is 2.37. The van der Waals surface area contributed by atoms with E-state index < -0.39 is 0 Å². The monoisotopic (exact) mass is 312 g/mol. The van der Waals surface area contributed by atoms with E-state index in [1.54, 1.807) is 18.3 Å². The summed E-state index contributed by atoms with van der Waals surface area (Å²) in [6, 6.07) is 10.4. The summed E-state index contributed by atoms with van der Waals surface area (Å²) in [6.07, 6.45) is 3.04. The van der Waals surface area contributed by atoms with E-state index in [1.807, 2.05) is 30.0 Å². The minimum absolute atomic E-state index is 0.0448. The van der Waals surface area contributed by atoms with Crippen LogP contribution in [0.2, 0.25) is 0 Å². The number of hydrogen-bond acceptors (Lipinski definition) is 2. The summed E-state index contributed by atoms with van der Waals surface area (Å²) in [5.74, 6) is 0.155. The van der Waals surface area contributed by atoms with E-state index >= 15 is 0 Å². The Morgan fingerprint density at radius 3 is 2.87 bits per heavy atom. The maximum Gasteiger partial charge on any atom is 0.227 e. The summed E-state index contributed by atoms with van der Waals surface area (Å²) in [6.45, 7) is 4.77. The second-order valence-electron chi connectivity index (χ2n) is 6.34. The summed E-state index contributed by atoms with van der Waals surface area (Å²) in [7, 11) is 0. The van der Waals surface area contributed by atoms with Gasteiger partial charge >= 0.3 is 0 Å². The number of aryl methyl sites for hydroxylation is 1. The predicted octanol–water partition coefficient (Wildman–Crippen LogP) is 3.68. The zero-order valence-electron chi connectivity index (χ0n) is 13.5. The molecule has 1 amide bonds. The van der Waals surface area contributed by atoms with Crippen LogP contribution < -0.4 is 0 Å². The van der Waals surface area contributed by atoms with Gasteiger partial charge in [-0.1, -0.05) is 25.1 Å². The molecule has 23 heavy (non-hydrogen) atoms. The van der Waals surface area contributed by atoms with Gasteiger partial charge in [0.15, 0.2) is 0 Å². The van der Waals surface area contributed by atoms with Gasteiger partial charge in [-0.15, -0.1) is 0 Å². The maximum absolute atomic E-state index is 13.5. The molecule has 1 saturated heterocycles. The molecule has 1 aromatic heterocycles. The van der Waals surface area contributed by atoms with Crippen molar-refractivity contribution in [3.05, 3.63) is 65.2 Å². The van der Waals surface area contributed by atoms with Crippen LogP contribution in [0, 0.1) is 18.7 Å². The molecular formula is C19H21FN2O. The summed E-state index contributed by atoms with van der Waals surface area (Å²) < 4.78 is 13.5. The van der Waals surface area contributed by atoms with Crippen molar-refractivity contribution in [2.24, 2.45) is 5.92 Å². The molecule has 0 bridgehead atoms. The average molecular weight is 312 g/mol. The molecule has 0 N–H and O–H groups in total. The third kappa shape index (κ3) is 3.41. The van der Waals surface area contributed by atoms with Crippen molar-refractivity contribution in [2.75, 3.05) is 6.54 Å². The van der Waals surface area contributed by atoms with Crippen LogP contribution in [-0.4, -0.2) is 22.3 Å². The molecule has 1 fully saturated rings. The number of nitrogens with zero attached hydrogens (tertiary/aromatic N) is 2. The van der Waals surface area contributed by atoms with Crippen LogP contribution >= 0.6 is 0 Å². The van der Waals surface area contributed by atoms with Gasteiger partial charge in [0.2, 0.25) is 5.91 Å². The second kappa shape index (κ2) is 6.49. The van der Waals surface area contributed by atoms with Crippen LogP contribution in [0.5, 0.6) is 0 Å². The van der Waals surface area contributed by atoms with Crippen molar-refractivity contribution >= 4 is 5.91 Å². The molecule has 2 aromatic rings. The van der Waals surface area contributed by atoms with Crippen LogP contribution in [-0.2, 0) is 11.2 Å². The Hall–Kier alpha value is -2.23. The summed E-state index contributed by atoms with van der Waals surface area (Å²) in [4.78, 5) is 18.8. The molecule has 2 heterocycles. The molecule has 0 radical (unpaired) electrons. The average Bonchev–Trinajstić information content (AvgIpc) is 2.91. The van der Waals surface area contributed by atoms with E-state index in [1.165, 1.54) is 6.07 Å². The van der Waals surface area contributed by atoms with Gasteiger partial charge in [-0.3, -0.25) is 9.78 Å². The molecule has 4 heteroatoms. The van der Waals surface area contributed by atoms with E-state index in [0.717, 1.165) is 29.8 Å². The highest BCUT2D eigenvalue weighted by atomic mass is 19.1. The fourth-order valence-corrected chi connectivity index (χ4v) is 3.30. The zero-order valence-corrected chi connectivity index (χ0v) is 13.5. The fourth-order valence-electron chi connectivity index (χ4n) is 3.30. The third-order valence-corrected chi connectivity index (χ3v) is 4.54. The van der Waals surface area contributed by atoms with Crippen molar-refractivity contribution in [1.29, 1.82) is 0 Å². The maximum atomic E-state index is 13.5. The highest BCUT2D eigenvalue weighted by Gasteiger charge is 2.35. The van der Waals surface area contributed by atoms with Crippen molar-refractivity contribution < 1.29 is 9.18 Å². The SMILES string of the molecule is Cc1ccc(CC(=O)N2CCC(C)C2c2cccc(F)c2)cn1. The predicted molar refractivity (Wildman–Crippen MR) is 87.3 cm³/mol. The van der Waals surface area contributed by atoms with Crippen LogP contribution in [0.15, 0.2) is 42.6 Å². The fraction of sp³-hybridized carbons (Fsp3) is 0.368. The van der Waals surface area contributed by atoms with E-state index in [4.69, 9.17) is 0 Å². The number of pyridine rings is 1. The van der Waals surface area contributed by atoms with Crippen molar-refractivity contribution in [1.82, 2.24) is 9.88 Å². The van der Waals surface area contributed by atoms with Crippen molar-refractivity contribution in [2.45, 2.75) is 32.7 Å². The van der Waals surface area contributed by atoms with Gasteiger partial charge < -0.3 is 4.90 Å². The van der Waals surface area contributed by atoms with Crippen molar-refractivity contribution in [3.8, 4) is 0 Å². The molecule has 3 rings (SSSR count). The first-order valence-corrected chi connectivity index (χ1v) is 8.01. The Balaban J connectivity index is 1.80. The highest BCUT2D eigenvalue weighted by molar-refractivity contribution is 5.79. The van der Waals surface area contributed by atoms with Crippen LogP contribution in [0.4, 0.5) is 4.39 Å². The largest absolute Gasteiger partial charge is 0.335 e. The van der Waals surface area contributed by atoms with Crippen LogP contribution in [0.25, 0.3) is 0 Å². The quantitative estimate of drug-likeness (QED) is 0.866. The Bertz CT molecular complexity index is 699. The second-order valence-corrected chi connectivity index (χ2v) is 6.34. The Kier molecular flexibility index (Phi) is 4.42. The molecule has 0 aliphatic carbocycles. The molecule has 1 aliphatic rings. The summed E-state index contributed by atoms with van der Waals surface area (Å²) >= 11 is 0. The first kappa shape index (κ1) is 15.7. The Morgan fingerprint density at radius 1 is 1.35 bits per heavy atom. The van der Waals surface area contributed by atoms with Crippen LogP contribution in [0.3, 0.4) is 0 Å². The minimum Gasteiger partial charge on any atom is -0.335 e. The molecule has 120 valence electrons. The third-order valence-electron chi connectivity index (χ3n) is 4.54. The van der Waals surface area contributed by atoms with Gasteiger partial charge in [0, 0.05) is 18.4 Å². The molecule has 2 atom stereocenters. The molecule has 2 unspecified atom stereocenters. The Labute approximate surface area is 136 Å². The standard InChI is InChI=1S/C19H21FN2O/c1-13-8-9-22(19(13)16-4-3-5-17(20)11-16)18(23)10-15-7-6-14(2)21-12-15/h3-7,11-13,19H,8-10H2,1-2H3. The summed E-state index contributed by atoms with van der Waals surface area (Å²) in [5, 5.41) is 0. The number of aromatic nitrogens is 1. The zero-order chi connectivity index (χ0) is 16.4. The molecule has 1 aliphatic heterocycles. The van der Waals surface area contributed by atoms with E-state index in [2.05, 4.69) is 11.9 Å². The van der Waals surface area contributed by atoms with Gasteiger partial charge in [0.05, 0.1) is 12.5 Å². The lowest BCUT2D eigenvalue weighted by atomic mass is 9.95. The molecular weight excluding hydrogens is 291 g/mol. The lowest BCUT2D eigenvalue weighted by Gasteiger charge is -2.27. The normalized spacial score (nSPS) is 20.7. The molecule has 0 saturated carbocycles. The number of carbonyl (C=O) groups excluding carboxylic acids is 1. The van der Waals surface area contributed by atoms with Gasteiger partial charge in [-0.25, -0.2) is 4.39 Å². The summed E-state index contributed by atoms with van der Waals surface area (Å²) in [5.41, 5.74) is 2.73. The first-order chi connectivity index (χ1) is 11.0. The minimum atomic E-state index is -0.253.